The highest BCUT2D eigenvalue weighted by molar-refractivity contribution is 14.0. The number of piperazine rings is 1. The van der Waals surface area contributed by atoms with Gasteiger partial charge in [-0.3, -0.25) is 4.99 Å². The number of aliphatic imine (C=N–C) groups is 1. The van der Waals surface area contributed by atoms with Crippen molar-refractivity contribution in [1.29, 1.82) is 0 Å². The normalized spacial score (nSPS) is 15.2. The van der Waals surface area contributed by atoms with Gasteiger partial charge in [0, 0.05) is 44.0 Å². The zero-order chi connectivity index (χ0) is 21.3. The van der Waals surface area contributed by atoms with Gasteiger partial charge in [0.15, 0.2) is 5.96 Å². The van der Waals surface area contributed by atoms with Gasteiger partial charge in [-0.25, -0.2) is 0 Å². The molecule has 1 heterocycles. The number of rotatable bonds is 7. The largest absolute Gasteiger partial charge is 0.497 e. The molecule has 7 nitrogen and oxygen atoms in total. The van der Waals surface area contributed by atoms with E-state index in [2.05, 4.69) is 46.3 Å². The Labute approximate surface area is 202 Å². The molecule has 2 aromatic rings. The number of benzene rings is 2. The number of methoxy groups -OCH3 is 2. The van der Waals surface area contributed by atoms with Crippen molar-refractivity contribution in [3.05, 3.63) is 54.1 Å². The Hall–Kier alpha value is -2.20. The summed E-state index contributed by atoms with van der Waals surface area (Å²) >= 11 is 0. The second kappa shape index (κ2) is 12.6. The zero-order valence-corrected chi connectivity index (χ0v) is 20.8. The molecule has 2 N–H and O–H groups in total. The summed E-state index contributed by atoms with van der Waals surface area (Å²) in [6, 6.07) is 15.9. The Balaban J connectivity index is 0.00000341. The van der Waals surface area contributed by atoms with Crippen LogP contribution in [0.3, 0.4) is 0 Å². The lowest BCUT2D eigenvalue weighted by atomic mass is 10.1. The van der Waals surface area contributed by atoms with Crippen LogP contribution in [0.25, 0.3) is 0 Å². The van der Waals surface area contributed by atoms with Crippen molar-refractivity contribution < 1.29 is 14.6 Å². The van der Waals surface area contributed by atoms with Gasteiger partial charge in [-0.2, -0.15) is 0 Å². The minimum atomic E-state index is -0.783. The zero-order valence-electron chi connectivity index (χ0n) is 18.5. The first-order valence-corrected chi connectivity index (χ1v) is 10.4. The highest BCUT2D eigenvalue weighted by Crippen LogP contribution is 2.29. The Morgan fingerprint density at radius 2 is 1.77 bits per heavy atom. The van der Waals surface area contributed by atoms with E-state index in [1.54, 1.807) is 26.4 Å². The molecule has 0 radical (unpaired) electrons. The maximum absolute atomic E-state index is 10.8. The molecule has 0 amide bonds. The van der Waals surface area contributed by atoms with Crippen LogP contribution in [0.5, 0.6) is 11.5 Å². The van der Waals surface area contributed by atoms with Gasteiger partial charge in [0.05, 0.1) is 20.8 Å². The summed E-state index contributed by atoms with van der Waals surface area (Å²) in [6.45, 7) is 6.68. The van der Waals surface area contributed by atoms with Gasteiger partial charge in [0.1, 0.15) is 17.6 Å². The summed E-state index contributed by atoms with van der Waals surface area (Å²) in [5.41, 5.74) is 1.92. The number of halogens is 1. The second-order valence-electron chi connectivity index (χ2n) is 7.13. The van der Waals surface area contributed by atoms with Crippen molar-refractivity contribution in [3.8, 4) is 11.5 Å². The van der Waals surface area contributed by atoms with Crippen molar-refractivity contribution in [2.75, 3.05) is 58.4 Å². The molecule has 3 rings (SSSR count). The minimum absolute atomic E-state index is 0. The highest BCUT2D eigenvalue weighted by atomic mass is 127. The summed E-state index contributed by atoms with van der Waals surface area (Å²) in [7, 11) is 3.20. The number of guanidine groups is 1. The number of ether oxygens (including phenoxy) is 2. The van der Waals surface area contributed by atoms with Crippen molar-refractivity contribution in [2.24, 2.45) is 4.99 Å². The first-order chi connectivity index (χ1) is 14.7. The summed E-state index contributed by atoms with van der Waals surface area (Å²) in [6.07, 6.45) is -0.783. The molecule has 0 aliphatic carbocycles. The molecule has 1 saturated heterocycles. The number of aliphatic hydroxyl groups is 1. The Kier molecular flexibility index (Phi) is 10.2. The summed E-state index contributed by atoms with van der Waals surface area (Å²) in [4.78, 5) is 9.34. The lowest BCUT2D eigenvalue weighted by Gasteiger charge is -2.37. The molecule has 1 aliphatic rings. The fourth-order valence-electron chi connectivity index (χ4n) is 3.61. The van der Waals surface area contributed by atoms with E-state index in [4.69, 9.17) is 14.5 Å². The van der Waals surface area contributed by atoms with Crippen LogP contribution in [0.2, 0.25) is 0 Å². The average molecular weight is 540 g/mol. The van der Waals surface area contributed by atoms with Crippen LogP contribution < -0.4 is 19.7 Å². The van der Waals surface area contributed by atoms with Crippen molar-refractivity contribution in [3.63, 3.8) is 0 Å². The van der Waals surface area contributed by atoms with E-state index < -0.39 is 6.10 Å². The predicted molar refractivity (Wildman–Crippen MR) is 136 cm³/mol. The SMILES string of the molecule is CCNC(=NCC(O)c1cc(OC)ccc1OC)N1CCN(c2ccccc2)CC1.I. The molecule has 1 unspecified atom stereocenters. The number of hydrogen-bond acceptors (Lipinski definition) is 5. The molecular formula is C23H33IN4O3. The molecule has 8 heteroatoms. The number of nitrogens with zero attached hydrogens (tertiary/aromatic N) is 3. The fraction of sp³-hybridized carbons (Fsp3) is 0.435. The Morgan fingerprint density at radius 3 is 2.39 bits per heavy atom. The third-order valence-corrected chi connectivity index (χ3v) is 5.25. The molecule has 0 saturated carbocycles. The Bertz CT molecular complexity index is 827. The van der Waals surface area contributed by atoms with E-state index in [1.807, 2.05) is 12.1 Å². The van der Waals surface area contributed by atoms with E-state index >= 15 is 0 Å². The average Bonchev–Trinajstić information content (AvgIpc) is 2.81. The smallest absolute Gasteiger partial charge is 0.194 e. The van der Waals surface area contributed by atoms with Gasteiger partial charge in [-0.1, -0.05) is 18.2 Å². The monoisotopic (exact) mass is 540 g/mol. The summed E-state index contributed by atoms with van der Waals surface area (Å²) in [5, 5.41) is 14.1. The molecular weight excluding hydrogens is 507 g/mol. The van der Waals surface area contributed by atoms with Gasteiger partial charge in [-0.05, 0) is 37.3 Å². The van der Waals surface area contributed by atoms with Crippen LogP contribution in [0.1, 0.15) is 18.6 Å². The molecule has 1 atom stereocenters. The molecule has 170 valence electrons. The first kappa shape index (κ1) is 25.1. The quantitative estimate of drug-likeness (QED) is 0.320. The van der Waals surface area contributed by atoms with Gasteiger partial charge < -0.3 is 29.7 Å². The molecule has 1 fully saturated rings. The number of para-hydroxylation sites is 1. The topological polar surface area (TPSA) is 69.6 Å². The number of hydrogen-bond donors (Lipinski definition) is 2. The van der Waals surface area contributed by atoms with Crippen LogP contribution >= 0.6 is 24.0 Å². The van der Waals surface area contributed by atoms with Crippen LogP contribution in [0, 0.1) is 0 Å². The van der Waals surface area contributed by atoms with Crippen molar-refractivity contribution in [1.82, 2.24) is 10.2 Å². The maximum atomic E-state index is 10.8. The molecule has 31 heavy (non-hydrogen) atoms. The van der Waals surface area contributed by atoms with Crippen LogP contribution in [-0.4, -0.2) is 69.5 Å². The lowest BCUT2D eigenvalue weighted by Crippen LogP contribution is -2.52. The molecule has 2 aromatic carbocycles. The molecule has 1 aliphatic heterocycles. The van der Waals surface area contributed by atoms with Crippen LogP contribution in [-0.2, 0) is 0 Å². The molecule has 0 bridgehead atoms. The van der Waals surface area contributed by atoms with Gasteiger partial charge in [0.2, 0.25) is 0 Å². The van der Waals surface area contributed by atoms with E-state index in [1.165, 1.54) is 5.69 Å². The predicted octanol–water partition coefficient (Wildman–Crippen LogP) is 3.14. The number of nitrogens with one attached hydrogen (secondary N) is 1. The van der Waals surface area contributed by atoms with Crippen LogP contribution in [0.4, 0.5) is 5.69 Å². The van der Waals surface area contributed by atoms with Crippen molar-refractivity contribution in [2.45, 2.75) is 13.0 Å². The second-order valence-corrected chi connectivity index (χ2v) is 7.13. The third-order valence-electron chi connectivity index (χ3n) is 5.25. The summed E-state index contributed by atoms with van der Waals surface area (Å²) in [5.74, 6) is 2.13. The molecule has 0 spiro atoms. The summed E-state index contributed by atoms with van der Waals surface area (Å²) < 4.78 is 10.7. The third kappa shape index (κ3) is 6.64. The van der Waals surface area contributed by atoms with Crippen LogP contribution in [0.15, 0.2) is 53.5 Å². The lowest BCUT2D eigenvalue weighted by molar-refractivity contribution is 0.181. The minimum Gasteiger partial charge on any atom is -0.497 e. The van der Waals surface area contributed by atoms with Gasteiger partial charge in [0.25, 0.3) is 0 Å². The molecule has 0 aromatic heterocycles. The van der Waals surface area contributed by atoms with Gasteiger partial charge in [-0.15, -0.1) is 24.0 Å². The fourth-order valence-corrected chi connectivity index (χ4v) is 3.61. The standard InChI is InChI=1S/C23H32N4O3.HI/c1-4-24-23(27-14-12-26(13-15-27)18-8-6-5-7-9-18)25-17-21(28)20-16-19(29-2)10-11-22(20)30-3;/h5-11,16,21,28H,4,12-15,17H2,1-3H3,(H,24,25);1H. The van der Waals surface area contributed by atoms with E-state index in [0.29, 0.717) is 17.1 Å². The van der Waals surface area contributed by atoms with Crippen molar-refractivity contribution >= 4 is 35.6 Å². The number of anilines is 1. The highest BCUT2D eigenvalue weighted by Gasteiger charge is 2.21. The van der Waals surface area contributed by atoms with Gasteiger partial charge >= 0.3 is 0 Å². The number of aliphatic hydroxyl groups excluding tert-OH is 1. The van der Waals surface area contributed by atoms with E-state index in [0.717, 1.165) is 38.7 Å². The van der Waals surface area contributed by atoms with E-state index in [9.17, 15) is 5.11 Å². The first-order valence-electron chi connectivity index (χ1n) is 10.4. The Morgan fingerprint density at radius 1 is 1.06 bits per heavy atom. The van der Waals surface area contributed by atoms with E-state index in [-0.39, 0.29) is 30.5 Å². The maximum Gasteiger partial charge on any atom is 0.194 e.